The number of hydrogen-bond donors (Lipinski definition) is 1. The minimum Gasteiger partial charge on any atom is -0.320 e. The second kappa shape index (κ2) is 6.39. The predicted octanol–water partition coefficient (Wildman–Crippen LogP) is 5.68. The Kier molecular flexibility index (Phi) is 4.45. The molecule has 1 amide bonds. The Balaban J connectivity index is 1.97. The Morgan fingerprint density at radius 2 is 1.96 bits per heavy atom. The smallest absolute Gasteiger partial charge is 0.271 e. The van der Waals surface area contributed by atoms with Crippen LogP contribution in [-0.2, 0) is 0 Å². The quantitative estimate of drug-likeness (QED) is 0.469. The first kappa shape index (κ1) is 16.7. The first-order chi connectivity index (χ1) is 11.4. The number of anilines is 1. The number of carbonyl (C=O) groups is 1. The Labute approximate surface area is 151 Å². The van der Waals surface area contributed by atoms with Crippen LogP contribution in [0.4, 0.5) is 11.4 Å². The molecule has 1 N–H and O–H groups in total. The predicted molar refractivity (Wildman–Crippen MR) is 97.6 cm³/mol. The summed E-state index contributed by atoms with van der Waals surface area (Å²) in [6.45, 7) is 1.95. The molecule has 122 valence electrons. The molecular weight excluding hydrogens is 371 g/mol. The number of fused-ring (bicyclic) bond motifs is 1. The lowest BCUT2D eigenvalue weighted by Crippen LogP contribution is -2.11. The zero-order valence-corrected chi connectivity index (χ0v) is 14.6. The van der Waals surface area contributed by atoms with Crippen molar-refractivity contribution in [1.29, 1.82) is 0 Å². The van der Waals surface area contributed by atoms with Crippen LogP contribution in [0.3, 0.4) is 0 Å². The van der Waals surface area contributed by atoms with Gasteiger partial charge >= 0.3 is 0 Å². The molecule has 1 aromatic heterocycles. The lowest BCUT2D eigenvalue weighted by molar-refractivity contribution is -0.384. The number of nitrogens with one attached hydrogen (secondary N) is 1. The van der Waals surface area contributed by atoms with Crippen molar-refractivity contribution in [2.24, 2.45) is 0 Å². The summed E-state index contributed by atoms with van der Waals surface area (Å²) in [5, 5.41) is 14.8. The van der Waals surface area contributed by atoms with Crippen molar-refractivity contribution in [1.82, 2.24) is 0 Å². The largest absolute Gasteiger partial charge is 0.320 e. The average molecular weight is 381 g/mol. The van der Waals surface area contributed by atoms with Gasteiger partial charge in [-0.2, -0.15) is 0 Å². The molecule has 8 heteroatoms. The number of benzene rings is 2. The Bertz CT molecular complexity index is 985. The third kappa shape index (κ3) is 3.08. The summed E-state index contributed by atoms with van der Waals surface area (Å²) < 4.78 is 0.898. The normalized spacial score (nSPS) is 10.8. The number of carbonyl (C=O) groups excluding carboxylic acids is 1. The van der Waals surface area contributed by atoms with E-state index in [9.17, 15) is 14.9 Å². The molecule has 3 aromatic rings. The number of halogens is 2. The molecule has 0 aliphatic carbocycles. The zero-order chi connectivity index (χ0) is 17.4. The van der Waals surface area contributed by atoms with E-state index in [0.29, 0.717) is 9.90 Å². The van der Waals surface area contributed by atoms with Crippen molar-refractivity contribution in [2.45, 2.75) is 6.92 Å². The van der Waals surface area contributed by atoms with Crippen molar-refractivity contribution in [3.8, 4) is 0 Å². The van der Waals surface area contributed by atoms with Crippen molar-refractivity contribution < 1.29 is 9.72 Å². The van der Waals surface area contributed by atoms with Crippen LogP contribution in [0.2, 0.25) is 10.0 Å². The van der Waals surface area contributed by atoms with Gasteiger partial charge in [0.15, 0.2) is 0 Å². The van der Waals surface area contributed by atoms with Gasteiger partial charge in [-0.05, 0) is 24.6 Å². The van der Waals surface area contributed by atoms with Gasteiger partial charge in [0.05, 0.1) is 20.7 Å². The van der Waals surface area contributed by atoms with E-state index < -0.39 is 10.8 Å². The molecule has 3 rings (SSSR count). The highest BCUT2D eigenvalue weighted by atomic mass is 35.5. The Hall–Kier alpha value is -2.15. The van der Waals surface area contributed by atoms with Crippen LogP contribution >= 0.6 is 34.5 Å². The van der Waals surface area contributed by atoms with Gasteiger partial charge in [-0.3, -0.25) is 14.9 Å². The standard InChI is InChI=1S/C16H10Cl2N2O3S/c1-8-2-4-10-13(6-8)24-15(14(10)18)16(21)19-12-7-9(20(22)23)3-5-11(12)17/h2-7H,1H3,(H,19,21). The Morgan fingerprint density at radius 1 is 1.21 bits per heavy atom. The summed E-state index contributed by atoms with van der Waals surface area (Å²) in [5.74, 6) is -0.457. The first-order valence-electron chi connectivity index (χ1n) is 6.81. The molecule has 0 unspecified atom stereocenters. The van der Waals surface area contributed by atoms with Gasteiger partial charge in [-0.1, -0.05) is 35.3 Å². The highest BCUT2D eigenvalue weighted by Crippen LogP contribution is 2.37. The molecule has 0 fully saturated rings. The number of non-ortho nitro benzene ring substituents is 1. The first-order valence-corrected chi connectivity index (χ1v) is 8.38. The van der Waals surface area contributed by atoms with Crippen LogP contribution in [0.1, 0.15) is 15.2 Å². The summed E-state index contributed by atoms with van der Waals surface area (Å²) >= 11 is 13.6. The second-order valence-corrected chi connectivity index (χ2v) is 6.96. The SMILES string of the molecule is Cc1ccc2c(Cl)c(C(=O)Nc3cc([N+](=O)[O-])ccc3Cl)sc2c1. The van der Waals surface area contributed by atoms with E-state index >= 15 is 0 Å². The highest BCUT2D eigenvalue weighted by molar-refractivity contribution is 7.21. The van der Waals surface area contributed by atoms with E-state index in [1.54, 1.807) is 0 Å². The van der Waals surface area contributed by atoms with Crippen LogP contribution in [0, 0.1) is 17.0 Å². The zero-order valence-electron chi connectivity index (χ0n) is 12.3. The van der Waals surface area contributed by atoms with Gasteiger partial charge in [0.25, 0.3) is 11.6 Å². The van der Waals surface area contributed by atoms with E-state index in [1.807, 2.05) is 25.1 Å². The number of hydrogen-bond acceptors (Lipinski definition) is 4. The summed E-state index contributed by atoms with van der Waals surface area (Å²) in [4.78, 5) is 23.1. The van der Waals surface area contributed by atoms with Crippen molar-refractivity contribution >= 4 is 61.9 Å². The van der Waals surface area contributed by atoms with Crippen molar-refractivity contribution in [2.75, 3.05) is 5.32 Å². The van der Waals surface area contributed by atoms with Gasteiger partial charge in [0.2, 0.25) is 0 Å². The second-order valence-electron chi connectivity index (χ2n) is 5.12. The number of thiophene rings is 1. The highest BCUT2D eigenvalue weighted by Gasteiger charge is 2.19. The molecule has 0 atom stereocenters. The summed E-state index contributed by atoms with van der Waals surface area (Å²) in [7, 11) is 0. The van der Waals surface area contributed by atoms with Gasteiger partial charge in [0, 0.05) is 22.2 Å². The lowest BCUT2D eigenvalue weighted by atomic mass is 10.2. The maximum Gasteiger partial charge on any atom is 0.271 e. The van der Waals surface area contributed by atoms with Crippen molar-refractivity contribution in [3.63, 3.8) is 0 Å². The van der Waals surface area contributed by atoms with Gasteiger partial charge in [-0.15, -0.1) is 11.3 Å². The Morgan fingerprint density at radius 3 is 2.67 bits per heavy atom. The number of rotatable bonds is 3. The van der Waals surface area contributed by atoms with Crippen LogP contribution in [0.5, 0.6) is 0 Å². The number of aryl methyl sites for hydroxylation is 1. The molecule has 1 heterocycles. The minimum atomic E-state index is -0.554. The third-order valence-electron chi connectivity index (χ3n) is 3.40. The third-order valence-corrected chi connectivity index (χ3v) is 5.39. The molecule has 0 saturated carbocycles. The summed E-state index contributed by atoms with van der Waals surface area (Å²) in [6.07, 6.45) is 0. The fourth-order valence-electron chi connectivity index (χ4n) is 2.22. The number of amides is 1. The molecule has 2 aromatic carbocycles. The van der Waals surface area contributed by atoms with E-state index in [-0.39, 0.29) is 16.4 Å². The number of nitro benzene ring substituents is 1. The molecule has 0 spiro atoms. The molecule has 5 nitrogen and oxygen atoms in total. The fraction of sp³-hybridized carbons (Fsp3) is 0.0625. The molecule has 0 saturated heterocycles. The van der Waals surface area contributed by atoms with Crippen LogP contribution in [0.15, 0.2) is 36.4 Å². The molecule has 24 heavy (non-hydrogen) atoms. The average Bonchev–Trinajstić information content (AvgIpc) is 2.85. The monoisotopic (exact) mass is 380 g/mol. The van der Waals surface area contributed by atoms with E-state index in [0.717, 1.165) is 15.6 Å². The van der Waals surface area contributed by atoms with Gasteiger partial charge in [-0.25, -0.2) is 0 Å². The van der Waals surface area contributed by atoms with Gasteiger partial charge in [0.1, 0.15) is 4.88 Å². The van der Waals surface area contributed by atoms with Gasteiger partial charge < -0.3 is 5.32 Å². The summed E-state index contributed by atoms with van der Waals surface area (Å²) in [5.41, 5.74) is 1.07. The lowest BCUT2D eigenvalue weighted by Gasteiger charge is -2.06. The van der Waals surface area contributed by atoms with E-state index in [4.69, 9.17) is 23.2 Å². The number of nitrogens with zero attached hydrogens (tertiary/aromatic N) is 1. The molecule has 0 bridgehead atoms. The van der Waals surface area contributed by atoms with Crippen molar-refractivity contribution in [3.05, 3.63) is 67.0 Å². The van der Waals surface area contributed by atoms with E-state index in [2.05, 4.69) is 5.32 Å². The molecule has 0 aliphatic heterocycles. The maximum atomic E-state index is 12.5. The van der Waals surface area contributed by atoms with Crippen LogP contribution < -0.4 is 5.32 Å². The summed E-state index contributed by atoms with van der Waals surface area (Å²) in [6, 6.07) is 9.58. The molecule has 0 radical (unpaired) electrons. The van der Waals surface area contributed by atoms with E-state index in [1.165, 1.54) is 29.5 Å². The number of nitro groups is 1. The van der Waals surface area contributed by atoms with Crippen LogP contribution in [0.25, 0.3) is 10.1 Å². The molecule has 0 aliphatic rings. The minimum absolute atomic E-state index is 0.159. The maximum absolute atomic E-state index is 12.5. The fourth-order valence-corrected chi connectivity index (χ4v) is 3.90. The topological polar surface area (TPSA) is 72.2 Å². The molecular formula is C16H10Cl2N2O3S. The van der Waals surface area contributed by atoms with Crippen LogP contribution in [-0.4, -0.2) is 10.8 Å².